The Balaban J connectivity index is 2.84. The van der Waals surface area contributed by atoms with E-state index in [-0.39, 0.29) is 11.7 Å². The van der Waals surface area contributed by atoms with Gasteiger partial charge in [-0.3, -0.25) is 4.79 Å². The first-order valence-electron chi connectivity index (χ1n) is 5.67. The van der Waals surface area contributed by atoms with Gasteiger partial charge in [0.2, 0.25) is 0 Å². The quantitative estimate of drug-likeness (QED) is 0.712. The summed E-state index contributed by atoms with van der Waals surface area (Å²) in [5.41, 5.74) is 3.12. The van der Waals surface area contributed by atoms with Crippen LogP contribution in [-0.2, 0) is 4.74 Å². The van der Waals surface area contributed by atoms with Gasteiger partial charge in [-0.2, -0.15) is 0 Å². The third-order valence-electron chi connectivity index (χ3n) is 3.07. The molecule has 1 aromatic carbocycles. The van der Waals surface area contributed by atoms with Gasteiger partial charge in [-0.05, 0) is 31.4 Å². The molecule has 2 nitrogen and oxygen atoms in total. The molecule has 1 aromatic rings. The number of ketones is 1. The van der Waals surface area contributed by atoms with Crippen molar-refractivity contribution in [3.63, 3.8) is 0 Å². The summed E-state index contributed by atoms with van der Waals surface area (Å²) in [6.45, 7) is 6.64. The lowest BCUT2D eigenvalue weighted by molar-refractivity contribution is 0.0893. The van der Waals surface area contributed by atoms with Crippen molar-refractivity contribution in [1.82, 2.24) is 0 Å². The number of carbonyl (C=O) groups is 1. The molecule has 1 atom stereocenters. The van der Waals surface area contributed by atoms with Crippen molar-refractivity contribution >= 4 is 5.78 Å². The third kappa shape index (κ3) is 2.92. The number of Topliss-reactive ketones (excluding diaryl/α,β-unsaturated/α-hetero) is 1. The number of benzene rings is 1. The number of rotatable bonds is 5. The molecule has 0 saturated carbocycles. The minimum atomic E-state index is 0.0282. The molecular weight excluding hydrogens is 200 g/mol. The molecule has 0 aliphatic carbocycles. The van der Waals surface area contributed by atoms with E-state index in [9.17, 15) is 4.79 Å². The maximum atomic E-state index is 12.2. The van der Waals surface area contributed by atoms with Crippen LogP contribution >= 0.6 is 0 Å². The number of hydrogen-bond acceptors (Lipinski definition) is 2. The summed E-state index contributed by atoms with van der Waals surface area (Å²) in [5.74, 6) is 0.249. The molecule has 0 aliphatic rings. The molecule has 1 rings (SSSR count). The normalized spacial score (nSPS) is 12.5. The number of carbonyl (C=O) groups excluding carboxylic acids is 1. The van der Waals surface area contributed by atoms with Crippen molar-refractivity contribution in [2.75, 3.05) is 13.7 Å². The predicted molar refractivity (Wildman–Crippen MR) is 65.9 cm³/mol. The average Bonchev–Trinajstić information content (AvgIpc) is 2.28. The standard InChI is InChI=1S/C14H20O2/c1-10-6-5-7-13(12(10)3)14(15)11(2)8-9-16-4/h5-7,11H,8-9H2,1-4H3. The van der Waals surface area contributed by atoms with Gasteiger partial charge in [0, 0.05) is 25.2 Å². The van der Waals surface area contributed by atoms with Gasteiger partial charge < -0.3 is 4.74 Å². The van der Waals surface area contributed by atoms with Crippen molar-refractivity contribution in [2.24, 2.45) is 5.92 Å². The second-order valence-corrected chi connectivity index (χ2v) is 4.29. The highest BCUT2D eigenvalue weighted by molar-refractivity contribution is 5.99. The van der Waals surface area contributed by atoms with Crippen LogP contribution in [0.15, 0.2) is 18.2 Å². The highest BCUT2D eigenvalue weighted by atomic mass is 16.5. The Bertz CT molecular complexity index is 369. The van der Waals surface area contributed by atoms with E-state index in [1.807, 2.05) is 39.0 Å². The van der Waals surface area contributed by atoms with Crippen LogP contribution in [0.1, 0.15) is 34.8 Å². The number of hydrogen-bond donors (Lipinski definition) is 0. The fourth-order valence-electron chi connectivity index (χ4n) is 1.71. The summed E-state index contributed by atoms with van der Waals surface area (Å²) < 4.78 is 5.00. The summed E-state index contributed by atoms with van der Waals surface area (Å²) in [7, 11) is 1.66. The van der Waals surface area contributed by atoms with E-state index in [0.29, 0.717) is 6.61 Å². The highest BCUT2D eigenvalue weighted by Crippen LogP contribution is 2.18. The number of methoxy groups -OCH3 is 1. The van der Waals surface area contributed by atoms with Crippen molar-refractivity contribution in [3.05, 3.63) is 34.9 Å². The topological polar surface area (TPSA) is 26.3 Å². The van der Waals surface area contributed by atoms with Gasteiger partial charge in [-0.25, -0.2) is 0 Å². The van der Waals surface area contributed by atoms with E-state index in [2.05, 4.69) is 0 Å². The van der Waals surface area contributed by atoms with E-state index in [4.69, 9.17) is 4.74 Å². The van der Waals surface area contributed by atoms with Gasteiger partial charge in [-0.1, -0.05) is 25.1 Å². The number of ether oxygens (including phenoxy) is 1. The lowest BCUT2D eigenvalue weighted by Crippen LogP contribution is -2.15. The largest absolute Gasteiger partial charge is 0.385 e. The van der Waals surface area contributed by atoms with Crippen LogP contribution in [0.5, 0.6) is 0 Å². The Kier molecular flexibility index (Phi) is 4.69. The zero-order chi connectivity index (χ0) is 12.1. The Morgan fingerprint density at radius 2 is 2.06 bits per heavy atom. The molecule has 88 valence electrons. The van der Waals surface area contributed by atoms with E-state index in [1.54, 1.807) is 7.11 Å². The smallest absolute Gasteiger partial charge is 0.166 e. The van der Waals surface area contributed by atoms with Gasteiger partial charge in [0.1, 0.15) is 0 Å². The molecule has 0 radical (unpaired) electrons. The third-order valence-corrected chi connectivity index (χ3v) is 3.07. The second kappa shape index (κ2) is 5.80. The van der Waals surface area contributed by atoms with Gasteiger partial charge >= 0.3 is 0 Å². The molecule has 2 heteroatoms. The van der Waals surface area contributed by atoms with Crippen LogP contribution < -0.4 is 0 Å². The van der Waals surface area contributed by atoms with Crippen molar-refractivity contribution in [2.45, 2.75) is 27.2 Å². The molecular formula is C14H20O2. The number of aryl methyl sites for hydroxylation is 1. The first kappa shape index (κ1) is 12.9. The minimum Gasteiger partial charge on any atom is -0.385 e. The zero-order valence-electron chi connectivity index (χ0n) is 10.5. The minimum absolute atomic E-state index is 0.0282. The molecule has 0 aromatic heterocycles. The van der Waals surface area contributed by atoms with Crippen molar-refractivity contribution < 1.29 is 9.53 Å². The van der Waals surface area contributed by atoms with E-state index >= 15 is 0 Å². The van der Waals surface area contributed by atoms with Gasteiger partial charge in [-0.15, -0.1) is 0 Å². The SMILES string of the molecule is COCCC(C)C(=O)c1cccc(C)c1C. The molecule has 0 bridgehead atoms. The summed E-state index contributed by atoms with van der Waals surface area (Å²) in [4.78, 5) is 12.2. The average molecular weight is 220 g/mol. The first-order chi connectivity index (χ1) is 7.57. The maximum Gasteiger partial charge on any atom is 0.166 e. The fraction of sp³-hybridized carbons (Fsp3) is 0.500. The lowest BCUT2D eigenvalue weighted by atomic mass is 9.92. The Hall–Kier alpha value is -1.15. The van der Waals surface area contributed by atoms with Crippen LogP contribution in [-0.4, -0.2) is 19.5 Å². The lowest BCUT2D eigenvalue weighted by Gasteiger charge is -2.13. The molecule has 0 N–H and O–H groups in total. The molecule has 0 fully saturated rings. The molecule has 0 amide bonds. The molecule has 0 aliphatic heterocycles. The zero-order valence-corrected chi connectivity index (χ0v) is 10.5. The summed E-state index contributed by atoms with van der Waals surface area (Å²) in [6, 6.07) is 5.89. The summed E-state index contributed by atoms with van der Waals surface area (Å²) >= 11 is 0. The van der Waals surface area contributed by atoms with Gasteiger partial charge in [0.25, 0.3) is 0 Å². The molecule has 16 heavy (non-hydrogen) atoms. The van der Waals surface area contributed by atoms with Crippen LogP contribution in [0.3, 0.4) is 0 Å². The summed E-state index contributed by atoms with van der Waals surface area (Å²) in [5, 5.41) is 0. The summed E-state index contributed by atoms with van der Waals surface area (Å²) in [6.07, 6.45) is 0.780. The Morgan fingerprint density at radius 1 is 1.38 bits per heavy atom. The van der Waals surface area contributed by atoms with Crippen LogP contribution in [0, 0.1) is 19.8 Å². The molecule has 0 saturated heterocycles. The monoisotopic (exact) mass is 220 g/mol. The van der Waals surface area contributed by atoms with Crippen molar-refractivity contribution in [3.8, 4) is 0 Å². The maximum absolute atomic E-state index is 12.2. The van der Waals surface area contributed by atoms with Gasteiger partial charge in [0.15, 0.2) is 5.78 Å². The van der Waals surface area contributed by atoms with Gasteiger partial charge in [0.05, 0.1) is 0 Å². The molecule has 0 spiro atoms. The van der Waals surface area contributed by atoms with Crippen LogP contribution in [0.4, 0.5) is 0 Å². The highest BCUT2D eigenvalue weighted by Gasteiger charge is 2.17. The van der Waals surface area contributed by atoms with Crippen LogP contribution in [0.2, 0.25) is 0 Å². The fourth-order valence-corrected chi connectivity index (χ4v) is 1.71. The van der Waals surface area contributed by atoms with E-state index < -0.39 is 0 Å². The second-order valence-electron chi connectivity index (χ2n) is 4.29. The Morgan fingerprint density at radius 3 is 2.69 bits per heavy atom. The molecule has 0 heterocycles. The predicted octanol–water partition coefficient (Wildman–Crippen LogP) is 3.16. The van der Waals surface area contributed by atoms with Crippen molar-refractivity contribution in [1.29, 1.82) is 0 Å². The van der Waals surface area contributed by atoms with E-state index in [1.165, 1.54) is 5.56 Å². The molecule has 1 unspecified atom stereocenters. The van der Waals surface area contributed by atoms with E-state index in [0.717, 1.165) is 17.5 Å². The van der Waals surface area contributed by atoms with Crippen LogP contribution in [0.25, 0.3) is 0 Å². The Labute approximate surface area is 97.6 Å². The first-order valence-corrected chi connectivity index (χ1v) is 5.67.